The van der Waals surface area contributed by atoms with E-state index in [0.717, 1.165) is 18.4 Å². The fourth-order valence-electron chi connectivity index (χ4n) is 4.50. The van der Waals surface area contributed by atoms with Gasteiger partial charge in [0.2, 0.25) is 15.9 Å². The molecule has 8 nitrogen and oxygen atoms in total. The minimum Gasteiger partial charge on any atom is -0.337 e. The zero-order valence-electron chi connectivity index (χ0n) is 20.2. The van der Waals surface area contributed by atoms with Crippen molar-refractivity contribution in [2.24, 2.45) is 0 Å². The van der Waals surface area contributed by atoms with E-state index in [0.29, 0.717) is 36.4 Å². The second-order valence-electron chi connectivity index (χ2n) is 8.38. The van der Waals surface area contributed by atoms with Crippen LogP contribution in [0, 0.1) is 0 Å². The molecule has 0 spiro atoms. The molecule has 1 fully saturated rings. The molecule has 10 heteroatoms. The number of thioether (sulfide) groups is 1. The highest BCUT2D eigenvalue weighted by Gasteiger charge is 2.29. The first-order valence-corrected chi connectivity index (χ1v) is 14.1. The Morgan fingerprint density at radius 2 is 1.67 bits per heavy atom. The predicted molar refractivity (Wildman–Crippen MR) is 132 cm³/mol. The Bertz CT molecular complexity index is 1040. The molecule has 1 aliphatic rings. The fourth-order valence-corrected chi connectivity index (χ4v) is 6.83. The van der Waals surface area contributed by atoms with Crippen LogP contribution in [0.4, 0.5) is 0 Å². The van der Waals surface area contributed by atoms with Crippen molar-refractivity contribution >= 4 is 27.7 Å². The Morgan fingerprint density at radius 3 is 2.21 bits per heavy atom. The third-order valence-corrected chi connectivity index (χ3v) is 9.31. The van der Waals surface area contributed by atoms with Crippen molar-refractivity contribution in [2.45, 2.75) is 82.6 Å². The van der Waals surface area contributed by atoms with Crippen LogP contribution in [-0.2, 0) is 21.4 Å². The van der Waals surface area contributed by atoms with Crippen molar-refractivity contribution in [2.75, 3.05) is 18.8 Å². The van der Waals surface area contributed by atoms with Crippen LogP contribution < -0.4 is 0 Å². The molecule has 2 unspecified atom stereocenters. The Kier molecular flexibility index (Phi) is 8.58. The maximum absolute atomic E-state index is 12.9. The van der Waals surface area contributed by atoms with Gasteiger partial charge in [0.25, 0.3) is 0 Å². The normalized spacial score (nSPS) is 19.3. The molecule has 3 rings (SSSR count). The van der Waals surface area contributed by atoms with Crippen molar-refractivity contribution in [3.8, 4) is 11.4 Å². The molecular formula is C23H35N5O3S2. The first kappa shape index (κ1) is 25.7. The number of hydrogen-bond donors (Lipinski definition) is 0. The smallest absolute Gasteiger partial charge is 0.243 e. The van der Waals surface area contributed by atoms with E-state index in [1.807, 2.05) is 30.2 Å². The summed E-state index contributed by atoms with van der Waals surface area (Å²) < 4.78 is 28.9. The van der Waals surface area contributed by atoms with Crippen molar-refractivity contribution in [1.82, 2.24) is 24.0 Å². The molecule has 0 N–H and O–H groups in total. The van der Waals surface area contributed by atoms with Gasteiger partial charge in [-0.05, 0) is 64.3 Å². The molecular weight excluding hydrogens is 458 g/mol. The fraction of sp³-hybridized carbons (Fsp3) is 0.609. The lowest BCUT2D eigenvalue weighted by Crippen LogP contribution is -2.48. The minimum atomic E-state index is -3.50. The Balaban J connectivity index is 1.76. The third-order valence-electron chi connectivity index (χ3n) is 6.30. The van der Waals surface area contributed by atoms with Gasteiger partial charge in [0.1, 0.15) is 0 Å². The van der Waals surface area contributed by atoms with Gasteiger partial charge in [-0.2, -0.15) is 4.31 Å². The lowest BCUT2D eigenvalue weighted by Gasteiger charge is -2.39. The Morgan fingerprint density at radius 1 is 1.06 bits per heavy atom. The summed E-state index contributed by atoms with van der Waals surface area (Å²) in [6.07, 6.45) is 3.27. The number of likely N-dealkylation sites (tertiary alicyclic amines) is 1. The molecule has 1 aromatic carbocycles. The van der Waals surface area contributed by atoms with E-state index >= 15 is 0 Å². The number of nitrogens with zero attached hydrogens (tertiary/aromatic N) is 5. The van der Waals surface area contributed by atoms with Gasteiger partial charge in [-0.25, -0.2) is 8.42 Å². The second kappa shape index (κ2) is 11.0. The second-order valence-corrected chi connectivity index (χ2v) is 11.3. The summed E-state index contributed by atoms with van der Waals surface area (Å²) in [5.74, 6) is 1.13. The SMILES string of the molecule is CCN(CC)S(=O)(=O)c1ccc(-c2nnc(SCC(=O)N3C(C)CCCC3C)n2CC)cc1. The number of piperidine rings is 1. The third kappa shape index (κ3) is 5.44. The summed E-state index contributed by atoms with van der Waals surface area (Å²) in [6.45, 7) is 11.4. The predicted octanol–water partition coefficient (Wildman–Crippen LogP) is 3.88. The lowest BCUT2D eigenvalue weighted by atomic mass is 9.98. The molecule has 182 valence electrons. The first-order valence-electron chi connectivity index (χ1n) is 11.7. The summed E-state index contributed by atoms with van der Waals surface area (Å²) in [5.41, 5.74) is 0.791. The highest BCUT2D eigenvalue weighted by Crippen LogP contribution is 2.28. The molecule has 33 heavy (non-hydrogen) atoms. The molecule has 2 heterocycles. The number of carbonyl (C=O) groups excluding carboxylic acids is 1. The van der Waals surface area contributed by atoms with Crippen LogP contribution in [0.5, 0.6) is 0 Å². The van der Waals surface area contributed by atoms with Crippen LogP contribution in [0.3, 0.4) is 0 Å². The van der Waals surface area contributed by atoms with E-state index in [1.54, 1.807) is 24.3 Å². The van der Waals surface area contributed by atoms with Crippen LogP contribution in [0.2, 0.25) is 0 Å². The van der Waals surface area contributed by atoms with Gasteiger partial charge in [0.05, 0.1) is 10.6 Å². The monoisotopic (exact) mass is 493 g/mol. The van der Waals surface area contributed by atoms with Crippen LogP contribution in [0.1, 0.15) is 53.9 Å². The summed E-state index contributed by atoms with van der Waals surface area (Å²) in [4.78, 5) is 15.2. The first-order chi connectivity index (χ1) is 15.7. The van der Waals surface area contributed by atoms with E-state index in [4.69, 9.17) is 0 Å². The zero-order chi connectivity index (χ0) is 24.2. The van der Waals surface area contributed by atoms with Crippen molar-refractivity contribution in [3.05, 3.63) is 24.3 Å². The van der Waals surface area contributed by atoms with Crippen molar-refractivity contribution in [3.63, 3.8) is 0 Å². The maximum atomic E-state index is 12.9. The van der Waals surface area contributed by atoms with Gasteiger partial charge in [-0.3, -0.25) is 4.79 Å². The lowest BCUT2D eigenvalue weighted by molar-refractivity contribution is -0.134. The summed E-state index contributed by atoms with van der Waals surface area (Å²) in [6, 6.07) is 7.31. The van der Waals surface area contributed by atoms with Crippen molar-refractivity contribution < 1.29 is 13.2 Å². The average molecular weight is 494 g/mol. The van der Waals surface area contributed by atoms with Crippen molar-refractivity contribution in [1.29, 1.82) is 0 Å². The van der Waals surface area contributed by atoms with Gasteiger partial charge in [0.15, 0.2) is 11.0 Å². The van der Waals surface area contributed by atoms with Crippen LogP contribution in [0.25, 0.3) is 11.4 Å². The molecule has 1 amide bonds. The minimum absolute atomic E-state index is 0.137. The van der Waals surface area contributed by atoms with Gasteiger partial charge in [0, 0.05) is 37.3 Å². The number of amides is 1. The van der Waals surface area contributed by atoms with Crippen LogP contribution >= 0.6 is 11.8 Å². The highest BCUT2D eigenvalue weighted by atomic mass is 32.2. The van der Waals surface area contributed by atoms with E-state index < -0.39 is 10.0 Å². The molecule has 1 saturated heterocycles. The molecule has 0 bridgehead atoms. The van der Waals surface area contributed by atoms with E-state index in [-0.39, 0.29) is 22.9 Å². The number of sulfonamides is 1. The number of carbonyl (C=O) groups is 1. The summed E-state index contributed by atoms with van der Waals surface area (Å²) in [5, 5.41) is 9.36. The van der Waals surface area contributed by atoms with E-state index in [2.05, 4.69) is 24.0 Å². The van der Waals surface area contributed by atoms with Crippen LogP contribution in [-0.4, -0.2) is 69.2 Å². The molecule has 0 aliphatic carbocycles. The topological polar surface area (TPSA) is 88.4 Å². The zero-order valence-corrected chi connectivity index (χ0v) is 21.8. The number of benzene rings is 1. The largest absolute Gasteiger partial charge is 0.337 e. The molecule has 2 aromatic rings. The van der Waals surface area contributed by atoms with Crippen LogP contribution in [0.15, 0.2) is 34.3 Å². The molecule has 0 saturated carbocycles. The Hall–Kier alpha value is -1.91. The molecule has 2 atom stereocenters. The van der Waals surface area contributed by atoms with Gasteiger partial charge in [-0.15, -0.1) is 10.2 Å². The molecule has 1 aromatic heterocycles. The maximum Gasteiger partial charge on any atom is 0.243 e. The summed E-state index contributed by atoms with van der Waals surface area (Å²) >= 11 is 1.41. The Labute approximate surface area is 201 Å². The van der Waals surface area contributed by atoms with Gasteiger partial charge >= 0.3 is 0 Å². The summed E-state index contributed by atoms with van der Waals surface area (Å²) in [7, 11) is -3.50. The van der Waals surface area contributed by atoms with E-state index in [9.17, 15) is 13.2 Å². The average Bonchev–Trinajstić information content (AvgIpc) is 3.21. The number of aromatic nitrogens is 3. The number of hydrogen-bond acceptors (Lipinski definition) is 6. The molecule has 1 aliphatic heterocycles. The van der Waals surface area contributed by atoms with E-state index in [1.165, 1.54) is 22.5 Å². The molecule has 0 radical (unpaired) electrons. The standard InChI is InChI=1S/C23H35N5O3S2/c1-6-26(7-2)33(30,31)20-14-12-19(13-15-20)22-24-25-23(27(22)8-3)32-16-21(29)28-17(4)10-9-11-18(28)5/h12-15,17-18H,6-11,16H2,1-5H3. The number of rotatable bonds is 9. The quantitative estimate of drug-likeness (QED) is 0.493. The van der Waals surface area contributed by atoms with Gasteiger partial charge < -0.3 is 9.47 Å². The highest BCUT2D eigenvalue weighted by molar-refractivity contribution is 7.99. The van der Waals surface area contributed by atoms with Gasteiger partial charge in [-0.1, -0.05) is 25.6 Å².